The van der Waals surface area contributed by atoms with Crippen molar-refractivity contribution in [3.8, 4) is 0 Å². The van der Waals surface area contributed by atoms with E-state index in [0.717, 1.165) is 10.0 Å². The number of amides is 1. The molecule has 0 aromatic heterocycles. The van der Waals surface area contributed by atoms with Crippen LogP contribution in [-0.4, -0.2) is 5.91 Å². The Labute approximate surface area is 115 Å². The largest absolute Gasteiger partial charge is 0.348 e. The maximum absolute atomic E-state index is 12.0. The third-order valence-electron chi connectivity index (χ3n) is 2.65. The van der Waals surface area contributed by atoms with E-state index in [1.54, 1.807) is 6.07 Å². The molecule has 0 aliphatic carbocycles. The van der Waals surface area contributed by atoms with Gasteiger partial charge in [-0.15, -0.1) is 0 Å². The van der Waals surface area contributed by atoms with Crippen molar-refractivity contribution in [3.05, 3.63) is 69.7 Å². The van der Waals surface area contributed by atoms with E-state index < -0.39 is 0 Å². The molecule has 2 aromatic carbocycles. The molecule has 18 heavy (non-hydrogen) atoms. The van der Waals surface area contributed by atoms with Crippen molar-refractivity contribution >= 4 is 21.8 Å². The smallest absolute Gasteiger partial charge is 0.252 e. The molecule has 0 saturated carbocycles. The van der Waals surface area contributed by atoms with E-state index in [-0.39, 0.29) is 5.91 Å². The molecular weight excluding hydrogens is 290 g/mol. The molecule has 0 radical (unpaired) electrons. The van der Waals surface area contributed by atoms with Gasteiger partial charge in [-0.05, 0) is 40.5 Å². The number of carbonyl (C=O) groups excluding carboxylic acids is 1. The first-order chi connectivity index (χ1) is 8.66. The van der Waals surface area contributed by atoms with E-state index in [9.17, 15) is 4.79 Å². The van der Waals surface area contributed by atoms with Crippen LogP contribution in [0.25, 0.3) is 0 Å². The summed E-state index contributed by atoms with van der Waals surface area (Å²) in [5.74, 6) is -0.0658. The van der Waals surface area contributed by atoms with Crippen LogP contribution < -0.4 is 5.32 Å². The highest BCUT2D eigenvalue weighted by Gasteiger charge is 2.08. The first-order valence-corrected chi connectivity index (χ1v) is 6.54. The molecule has 3 heteroatoms. The molecule has 1 amide bonds. The first-order valence-electron chi connectivity index (χ1n) is 5.75. The fourth-order valence-corrected chi connectivity index (χ4v) is 2.21. The third kappa shape index (κ3) is 3.20. The summed E-state index contributed by atoms with van der Waals surface area (Å²) in [7, 11) is 0. The molecule has 0 aliphatic heterocycles. The van der Waals surface area contributed by atoms with Crippen molar-refractivity contribution in [2.45, 2.75) is 13.5 Å². The van der Waals surface area contributed by atoms with Gasteiger partial charge < -0.3 is 5.32 Å². The monoisotopic (exact) mass is 303 g/mol. The minimum Gasteiger partial charge on any atom is -0.348 e. The Kier molecular flexibility index (Phi) is 4.15. The molecule has 2 aromatic rings. The van der Waals surface area contributed by atoms with Gasteiger partial charge in [-0.25, -0.2) is 0 Å². The van der Waals surface area contributed by atoms with E-state index in [0.29, 0.717) is 12.1 Å². The molecule has 0 spiro atoms. The van der Waals surface area contributed by atoms with Crippen LogP contribution in [-0.2, 0) is 6.54 Å². The number of halogens is 1. The fourth-order valence-electron chi connectivity index (χ4n) is 1.75. The Balaban J connectivity index is 2.03. The number of benzene rings is 2. The highest BCUT2D eigenvalue weighted by Crippen LogP contribution is 2.15. The molecule has 0 saturated heterocycles. The van der Waals surface area contributed by atoms with Gasteiger partial charge in [0.2, 0.25) is 0 Å². The highest BCUT2D eigenvalue weighted by atomic mass is 79.9. The van der Waals surface area contributed by atoms with Crippen molar-refractivity contribution in [2.24, 2.45) is 0 Å². The van der Waals surface area contributed by atoms with E-state index in [4.69, 9.17) is 0 Å². The Hall–Kier alpha value is -1.61. The standard InChI is InChI=1S/C15H14BrNO/c1-11-5-4-6-12(9-11)10-17-15(18)13-7-2-3-8-14(13)16/h2-9H,10H2,1H3,(H,17,18). The van der Waals surface area contributed by atoms with Crippen molar-refractivity contribution < 1.29 is 4.79 Å². The topological polar surface area (TPSA) is 29.1 Å². The zero-order chi connectivity index (χ0) is 13.0. The number of carbonyl (C=O) groups is 1. The Bertz CT molecular complexity index is 566. The summed E-state index contributed by atoms with van der Waals surface area (Å²) in [5.41, 5.74) is 2.96. The lowest BCUT2D eigenvalue weighted by atomic mass is 10.1. The van der Waals surface area contributed by atoms with E-state index in [1.165, 1.54) is 5.56 Å². The first kappa shape index (κ1) is 12.8. The average molecular weight is 304 g/mol. The van der Waals surface area contributed by atoms with Crippen LogP contribution in [0.1, 0.15) is 21.5 Å². The number of aryl methyl sites for hydroxylation is 1. The van der Waals surface area contributed by atoms with Crippen LogP contribution >= 0.6 is 15.9 Å². The number of hydrogen-bond acceptors (Lipinski definition) is 1. The lowest BCUT2D eigenvalue weighted by molar-refractivity contribution is 0.0950. The zero-order valence-electron chi connectivity index (χ0n) is 10.1. The molecule has 2 nitrogen and oxygen atoms in total. The second kappa shape index (κ2) is 5.83. The summed E-state index contributed by atoms with van der Waals surface area (Å²) in [4.78, 5) is 12.0. The summed E-state index contributed by atoms with van der Waals surface area (Å²) < 4.78 is 0.812. The van der Waals surface area contributed by atoms with Crippen LogP contribution in [0.2, 0.25) is 0 Å². The average Bonchev–Trinajstić information content (AvgIpc) is 2.37. The van der Waals surface area contributed by atoms with Gasteiger partial charge in [0.05, 0.1) is 5.56 Å². The third-order valence-corrected chi connectivity index (χ3v) is 3.35. The predicted molar refractivity (Wildman–Crippen MR) is 76.5 cm³/mol. The molecule has 0 atom stereocenters. The second-order valence-corrected chi connectivity index (χ2v) is 5.01. The van der Waals surface area contributed by atoms with Crippen LogP contribution in [0.15, 0.2) is 53.0 Å². The predicted octanol–water partition coefficient (Wildman–Crippen LogP) is 3.69. The van der Waals surface area contributed by atoms with Gasteiger partial charge in [-0.3, -0.25) is 4.79 Å². The summed E-state index contributed by atoms with van der Waals surface area (Å²) in [5, 5.41) is 2.91. The summed E-state index contributed by atoms with van der Waals surface area (Å²) >= 11 is 3.37. The SMILES string of the molecule is Cc1cccc(CNC(=O)c2ccccc2Br)c1. The van der Waals surface area contributed by atoms with Gasteiger partial charge in [0.15, 0.2) is 0 Å². The molecule has 92 valence electrons. The Morgan fingerprint density at radius 3 is 2.67 bits per heavy atom. The molecule has 2 rings (SSSR count). The van der Waals surface area contributed by atoms with Gasteiger partial charge in [0.1, 0.15) is 0 Å². The number of rotatable bonds is 3. The molecule has 0 fully saturated rings. The van der Waals surface area contributed by atoms with Gasteiger partial charge in [0.25, 0.3) is 5.91 Å². The normalized spacial score (nSPS) is 10.1. The summed E-state index contributed by atoms with van der Waals surface area (Å²) in [6, 6.07) is 15.5. The van der Waals surface area contributed by atoms with Gasteiger partial charge in [0, 0.05) is 11.0 Å². The Morgan fingerprint density at radius 1 is 1.17 bits per heavy atom. The maximum Gasteiger partial charge on any atom is 0.252 e. The van der Waals surface area contributed by atoms with Gasteiger partial charge in [-0.1, -0.05) is 42.0 Å². The molecule has 0 unspecified atom stereocenters. The van der Waals surface area contributed by atoms with Crippen molar-refractivity contribution in [3.63, 3.8) is 0 Å². The Morgan fingerprint density at radius 2 is 1.94 bits per heavy atom. The number of nitrogens with one attached hydrogen (secondary N) is 1. The second-order valence-electron chi connectivity index (χ2n) is 4.15. The molecule has 1 N–H and O–H groups in total. The molecule has 0 bridgehead atoms. The lowest BCUT2D eigenvalue weighted by Crippen LogP contribution is -2.23. The molecular formula is C15H14BrNO. The minimum atomic E-state index is -0.0658. The van der Waals surface area contributed by atoms with Gasteiger partial charge >= 0.3 is 0 Å². The van der Waals surface area contributed by atoms with Crippen molar-refractivity contribution in [2.75, 3.05) is 0 Å². The van der Waals surface area contributed by atoms with E-state index in [2.05, 4.69) is 27.3 Å². The van der Waals surface area contributed by atoms with Crippen LogP contribution in [0, 0.1) is 6.92 Å². The van der Waals surface area contributed by atoms with Crippen LogP contribution in [0.5, 0.6) is 0 Å². The van der Waals surface area contributed by atoms with Gasteiger partial charge in [-0.2, -0.15) is 0 Å². The number of hydrogen-bond donors (Lipinski definition) is 1. The summed E-state index contributed by atoms with van der Waals surface area (Å²) in [6.07, 6.45) is 0. The van der Waals surface area contributed by atoms with Crippen LogP contribution in [0.4, 0.5) is 0 Å². The quantitative estimate of drug-likeness (QED) is 0.920. The van der Waals surface area contributed by atoms with E-state index >= 15 is 0 Å². The molecule has 0 heterocycles. The zero-order valence-corrected chi connectivity index (χ0v) is 11.7. The minimum absolute atomic E-state index is 0.0658. The van der Waals surface area contributed by atoms with Crippen LogP contribution in [0.3, 0.4) is 0 Å². The highest BCUT2D eigenvalue weighted by molar-refractivity contribution is 9.10. The molecule has 0 aliphatic rings. The fraction of sp³-hybridized carbons (Fsp3) is 0.133. The van der Waals surface area contributed by atoms with Crippen molar-refractivity contribution in [1.29, 1.82) is 0 Å². The van der Waals surface area contributed by atoms with E-state index in [1.807, 2.05) is 43.3 Å². The summed E-state index contributed by atoms with van der Waals surface area (Å²) in [6.45, 7) is 2.58. The lowest BCUT2D eigenvalue weighted by Gasteiger charge is -2.07. The maximum atomic E-state index is 12.0. The van der Waals surface area contributed by atoms with Crippen molar-refractivity contribution in [1.82, 2.24) is 5.32 Å².